The van der Waals surface area contributed by atoms with E-state index in [2.05, 4.69) is 6.58 Å². The number of aliphatic hydroxyl groups excluding tert-OH is 1. The molecule has 1 aromatic rings. The highest BCUT2D eigenvalue weighted by atomic mass is 16.3. The van der Waals surface area contributed by atoms with Crippen molar-refractivity contribution in [1.82, 2.24) is 0 Å². The number of hydrogen-bond acceptors (Lipinski definition) is 2. The van der Waals surface area contributed by atoms with Gasteiger partial charge in [-0.25, -0.2) is 0 Å². The highest BCUT2D eigenvalue weighted by Crippen LogP contribution is 2.28. The third kappa shape index (κ3) is 2.03. The summed E-state index contributed by atoms with van der Waals surface area (Å²) in [6, 6.07) is 9.16. The molecule has 0 amide bonds. The van der Waals surface area contributed by atoms with Gasteiger partial charge in [-0.1, -0.05) is 36.4 Å². The van der Waals surface area contributed by atoms with Crippen LogP contribution < -0.4 is 0 Å². The van der Waals surface area contributed by atoms with Crippen molar-refractivity contribution in [2.24, 2.45) is 0 Å². The molecule has 2 N–H and O–H groups in total. The fourth-order valence-electron chi connectivity index (χ4n) is 1.48. The van der Waals surface area contributed by atoms with Gasteiger partial charge in [-0.05, 0) is 12.5 Å². The molecule has 0 aromatic heterocycles. The van der Waals surface area contributed by atoms with E-state index in [1.165, 1.54) is 0 Å². The molecule has 0 aliphatic rings. The van der Waals surface area contributed by atoms with Crippen LogP contribution in [0.5, 0.6) is 0 Å². The van der Waals surface area contributed by atoms with Crippen molar-refractivity contribution in [3.63, 3.8) is 0 Å². The molecule has 14 heavy (non-hydrogen) atoms. The Labute approximate surface area is 84.5 Å². The Kier molecular flexibility index (Phi) is 3.44. The average molecular weight is 192 g/mol. The van der Waals surface area contributed by atoms with Gasteiger partial charge in [-0.3, -0.25) is 0 Å². The van der Waals surface area contributed by atoms with Crippen molar-refractivity contribution in [2.45, 2.75) is 25.0 Å². The van der Waals surface area contributed by atoms with Crippen LogP contribution in [0.2, 0.25) is 0 Å². The normalized spacial score (nSPS) is 17.1. The Morgan fingerprint density at radius 1 is 1.43 bits per heavy atom. The Bertz CT molecular complexity index is 292. The van der Waals surface area contributed by atoms with Crippen LogP contribution in [0.3, 0.4) is 0 Å². The first-order valence-corrected chi connectivity index (χ1v) is 4.68. The lowest BCUT2D eigenvalue weighted by Gasteiger charge is -2.30. The predicted octanol–water partition coefficient (Wildman–Crippen LogP) is 1.83. The zero-order valence-electron chi connectivity index (χ0n) is 8.35. The molecule has 2 unspecified atom stereocenters. The van der Waals surface area contributed by atoms with E-state index >= 15 is 0 Å². The molecule has 0 heterocycles. The summed E-state index contributed by atoms with van der Waals surface area (Å²) in [5, 5.41) is 19.8. The van der Waals surface area contributed by atoms with Gasteiger partial charge >= 0.3 is 0 Å². The Balaban J connectivity index is 3.05. The second kappa shape index (κ2) is 4.40. The Morgan fingerprint density at radius 3 is 2.43 bits per heavy atom. The summed E-state index contributed by atoms with van der Waals surface area (Å²) in [6.45, 7) is 5.16. The van der Waals surface area contributed by atoms with Gasteiger partial charge in [0.15, 0.2) is 0 Å². The van der Waals surface area contributed by atoms with Crippen LogP contribution in [0.25, 0.3) is 0 Å². The maximum absolute atomic E-state index is 10.2. The monoisotopic (exact) mass is 192 g/mol. The number of benzene rings is 1. The summed E-state index contributed by atoms with van der Waals surface area (Å²) < 4.78 is 0. The minimum absolute atomic E-state index is 0.342. The van der Waals surface area contributed by atoms with Gasteiger partial charge in [0.25, 0.3) is 0 Å². The molecule has 1 aromatic carbocycles. The molecule has 2 nitrogen and oxygen atoms in total. The minimum atomic E-state index is -1.22. The molecule has 2 atom stereocenters. The first-order chi connectivity index (χ1) is 6.61. The van der Waals surface area contributed by atoms with Gasteiger partial charge in [0, 0.05) is 6.42 Å². The van der Waals surface area contributed by atoms with Crippen molar-refractivity contribution >= 4 is 0 Å². The molecule has 0 aliphatic carbocycles. The summed E-state index contributed by atoms with van der Waals surface area (Å²) >= 11 is 0. The van der Waals surface area contributed by atoms with Crippen LogP contribution >= 0.6 is 0 Å². The Hall–Kier alpha value is -1.12. The van der Waals surface area contributed by atoms with Crippen LogP contribution in [0.15, 0.2) is 43.0 Å². The van der Waals surface area contributed by atoms with Crippen molar-refractivity contribution < 1.29 is 10.2 Å². The summed E-state index contributed by atoms with van der Waals surface area (Å²) in [4.78, 5) is 0. The zero-order valence-corrected chi connectivity index (χ0v) is 8.35. The summed E-state index contributed by atoms with van der Waals surface area (Å²) in [6.07, 6.45) is 1.14. The minimum Gasteiger partial charge on any atom is -0.390 e. The van der Waals surface area contributed by atoms with Gasteiger partial charge in [0.2, 0.25) is 0 Å². The smallest absolute Gasteiger partial charge is 0.118 e. The van der Waals surface area contributed by atoms with Crippen molar-refractivity contribution in [3.05, 3.63) is 48.6 Å². The molecule has 0 fully saturated rings. The molecule has 0 radical (unpaired) electrons. The largest absolute Gasteiger partial charge is 0.390 e. The topological polar surface area (TPSA) is 40.5 Å². The summed E-state index contributed by atoms with van der Waals surface area (Å²) in [5.41, 5.74) is -0.502. The van der Waals surface area contributed by atoms with E-state index in [9.17, 15) is 10.2 Å². The van der Waals surface area contributed by atoms with Crippen LogP contribution in [0, 0.1) is 0 Å². The predicted molar refractivity (Wildman–Crippen MR) is 56.8 cm³/mol. The molecule has 0 aliphatic heterocycles. The lowest BCUT2D eigenvalue weighted by atomic mass is 9.86. The van der Waals surface area contributed by atoms with E-state index in [-0.39, 0.29) is 0 Å². The molecule has 0 saturated carbocycles. The molecule has 2 heteroatoms. The Morgan fingerprint density at radius 2 is 2.00 bits per heavy atom. The highest BCUT2D eigenvalue weighted by molar-refractivity contribution is 5.24. The highest BCUT2D eigenvalue weighted by Gasteiger charge is 2.32. The van der Waals surface area contributed by atoms with E-state index in [0.717, 1.165) is 5.56 Å². The quantitative estimate of drug-likeness (QED) is 0.714. The van der Waals surface area contributed by atoms with E-state index in [1.807, 2.05) is 18.2 Å². The fourth-order valence-corrected chi connectivity index (χ4v) is 1.48. The number of rotatable bonds is 4. The van der Waals surface area contributed by atoms with Crippen LogP contribution in [-0.2, 0) is 5.60 Å². The van der Waals surface area contributed by atoms with Crippen molar-refractivity contribution in [1.29, 1.82) is 0 Å². The van der Waals surface area contributed by atoms with Gasteiger partial charge in [0.05, 0.1) is 6.10 Å². The molecule has 0 bridgehead atoms. The van der Waals surface area contributed by atoms with Crippen molar-refractivity contribution in [3.8, 4) is 0 Å². The van der Waals surface area contributed by atoms with Gasteiger partial charge in [-0.15, -0.1) is 6.58 Å². The summed E-state index contributed by atoms with van der Waals surface area (Å²) in [5.74, 6) is 0. The van der Waals surface area contributed by atoms with E-state index in [1.54, 1.807) is 25.1 Å². The number of hydrogen-bond donors (Lipinski definition) is 2. The third-order valence-electron chi connectivity index (χ3n) is 2.42. The molecular weight excluding hydrogens is 176 g/mol. The maximum Gasteiger partial charge on any atom is 0.118 e. The van der Waals surface area contributed by atoms with E-state index in [0.29, 0.717) is 6.42 Å². The molecule has 0 saturated heterocycles. The fraction of sp³-hybridized carbons (Fsp3) is 0.333. The van der Waals surface area contributed by atoms with Crippen molar-refractivity contribution in [2.75, 3.05) is 0 Å². The zero-order chi connectivity index (χ0) is 10.6. The lowest BCUT2D eigenvalue weighted by molar-refractivity contribution is -0.0692. The van der Waals surface area contributed by atoms with Gasteiger partial charge in [0.1, 0.15) is 5.60 Å². The molecule has 0 spiro atoms. The second-order valence-corrected chi connectivity index (χ2v) is 3.46. The SMILES string of the molecule is C=CCC(O)(c1ccccc1)C(C)O. The van der Waals surface area contributed by atoms with Gasteiger partial charge in [-0.2, -0.15) is 0 Å². The average Bonchev–Trinajstić information content (AvgIpc) is 2.19. The standard InChI is InChI=1S/C12H16O2/c1-3-9-12(14,10(2)13)11-7-5-4-6-8-11/h3-8,10,13-14H,1,9H2,2H3. The summed E-state index contributed by atoms with van der Waals surface area (Å²) in [7, 11) is 0. The van der Waals surface area contributed by atoms with Gasteiger partial charge < -0.3 is 10.2 Å². The lowest BCUT2D eigenvalue weighted by Crippen LogP contribution is -2.37. The second-order valence-electron chi connectivity index (χ2n) is 3.46. The molecule has 1 rings (SSSR count). The van der Waals surface area contributed by atoms with Crippen LogP contribution in [0.1, 0.15) is 18.9 Å². The number of aliphatic hydroxyl groups is 2. The maximum atomic E-state index is 10.2. The first kappa shape index (κ1) is 11.0. The first-order valence-electron chi connectivity index (χ1n) is 4.68. The molecular formula is C12H16O2. The van der Waals surface area contributed by atoms with Crippen LogP contribution in [0.4, 0.5) is 0 Å². The van der Waals surface area contributed by atoms with Crippen LogP contribution in [-0.4, -0.2) is 16.3 Å². The van der Waals surface area contributed by atoms with E-state index < -0.39 is 11.7 Å². The molecule has 76 valence electrons. The van der Waals surface area contributed by atoms with E-state index in [4.69, 9.17) is 0 Å². The third-order valence-corrected chi connectivity index (χ3v) is 2.42.